The molecule has 6 rings (SSSR count). The zero-order valence-electron chi connectivity index (χ0n) is 18.4. The largest absolute Gasteiger partial charge is 0.497 e. The monoisotopic (exact) mass is 487 g/mol. The first-order chi connectivity index (χ1) is 16.9. The lowest BCUT2D eigenvalue weighted by Gasteiger charge is -2.27. The summed E-state index contributed by atoms with van der Waals surface area (Å²) in [5.74, 6) is -4.13. The smallest absolute Gasteiger partial charge is 0.241 e. The maximum absolute atomic E-state index is 13.8. The standard InChI is InChI=1S/C27H18ClNO6/c1-34-17-12-6-14(7-13-17)22-20-21(26(33)29(25(20)32)16-10-8-15(28)9-11-16)27(35-22)23(30)18-4-2-3-5-19(18)24(27)31/h2-13,20-22H,1H3/t20-,21-,22-/m1/s1. The van der Waals surface area contributed by atoms with Gasteiger partial charge in [-0.2, -0.15) is 0 Å². The molecule has 2 aliphatic heterocycles. The van der Waals surface area contributed by atoms with Crippen LogP contribution in [-0.2, 0) is 14.3 Å². The van der Waals surface area contributed by atoms with Crippen LogP contribution < -0.4 is 9.64 Å². The van der Waals surface area contributed by atoms with Crippen molar-refractivity contribution in [2.24, 2.45) is 11.8 Å². The summed E-state index contributed by atoms with van der Waals surface area (Å²) >= 11 is 6.00. The number of benzene rings is 3. The van der Waals surface area contributed by atoms with E-state index in [1.54, 1.807) is 72.8 Å². The summed E-state index contributed by atoms with van der Waals surface area (Å²) < 4.78 is 11.5. The zero-order valence-corrected chi connectivity index (χ0v) is 19.2. The Kier molecular flexibility index (Phi) is 4.71. The van der Waals surface area contributed by atoms with E-state index in [9.17, 15) is 19.2 Å². The Morgan fingerprint density at radius 1 is 0.829 bits per heavy atom. The second-order valence-electron chi connectivity index (χ2n) is 8.74. The number of amides is 2. The first-order valence-corrected chi connectivity index (χ1v) is 11.4. The highest BCUT2D eigenvalue weighted by atomic mass is 35.5. The van der Waals surface area contributed by atoms with Crippen molar-refractivity contribution < 1.29 is 28.7 Å². The number of ether oxygens (including phenoxy) is 2. The Labute approximate surface area is 205 Å². The molecule has 0 aromatic heterocycles. The number of carbonyl (C=O) groups excluding carboxylic acids is 4. The van der Waals surface area contributed by atoms with Gasteiger partial charge in [0.2, 0.25) is 29.0 Å². The summed E-state index contributed by atoms with van der Waals surface area (Å²) in [6, 6.07) is 19.5. The molecule has 3 aromatic rings. The van der Waals surface area contributed by atoms with Crippen molar-refractivity contribution in [3.05, 3.63) is 94.5 Å². The normalized spacial score (nSPS) is 24.3. The highest BCUT2D eigenvalue weighted by molar-refractivity contribution is 6.37. The Hall–Kier alpha value is -3.81. The molecule has 3 aromatic carbocycles. The number of hydrogen-bond acceptors (Lipinski definition) is 6. The van der Waals surface area contributed by atoms with Crippen molar-refractivity contribution in [1.29, 1.82) is 0 Å². The lowest BCUT2D eigenvalue weighted by Crippen LogP contribution is -2.51. The quantitative estimate of drug-likeness (QED) is 0.409. The second kappa shape index (κ2) is 7.60. The van der Waals surface area contributed by atoms with Crippen molar-refractivity contribution in [3.8, 4) is 5.75 Å². The first kappa shape index (κ1) is 21.7. The van der Waals surface area contributed by atoms with Crippen molar-refractivity contribution >= 4 is 40.7 Å². The molecule has 0 bridgehead atoms. The Balaban J connectivity index is 1.53. The number of carbonyl (C=O) groups is 4. The van der Waals surface area contributed by atoms with Gasteiger partial charge in [-0.1, -0.05) is 48.0 Å². The third-order valence-corrected chi connectivity index (χ3v) is 7.30. The van der Waals surface area contributed by atoms with E-state index in [1.807, 2.05) is 0 Å². The second-order valence-corrected chi connectivity index (χ2v) is 9.18. The number of hydrogen-bond donors (Lipinski definition) is 0. The Bertz CT molecular complexity index is 1380. The number of halogens is 1. The Morgan fingerprint density at radius 3 is 2.00 bits per heavy atom. The number of methoxy groups -OCH3 is 1. The zero-order chi connectivity index (χ0) is 24.5. The fourth-order valence-corrected chi connectivity index (χ4v) is 5.58. The molecular formula is C27H18ClNO6. The molecule has 0 radical (unpaired) electrons. The lowest BCUT2D eigenvalue weighted by atomic mass is 9.77. The van der Waals surface area contributed by atoms with Crippen molar-refractivity contribution in [1.82, 2.24) is 0 Å². The third kappa shape index (κ3) is 2.82. The van der Waals surface area contributed by atoms with Gasteiger partial charge in [0, 0.05) is 16.1 Å². The maximum Gasteiger partial charge on any atom is 0.241 e. The van der Waals surface area contributed by atoms with Crippen LogP contribution in [0.25, 0.3) is 0 Å². The van der Waals surface area contributed by atoms with Gasteiger partial charge in [-0.3, -0.25) is 19.2 Å². The molecular weight excluding hydrogens is 470 g/mol. The summed E-state index contributed by atoms with van der Waals surface area (Å²) in [6.45, 7) is 0. The van der Waals surface area contributed by atoms with Crippen molar-refractivity contribution in [2.75, 3.05) is 12.0 Å². The van der Waals surface area contributed by atoms with Crippen LogP contribution in [0.5, 0.6) is 5.75 Å². The summed E-state index contributed by atoms with van der Waals surface area (Å²) in [5, 5.41) is 0.445. The predicted molar refractivity (Wildman–Crippen MR) is 126 cm³/mol. The molecule has 174 valence electrons. The Morgan fingerprint density at radius 2 is 1.43 bits per heavy atom. The van der Waals surface area contributed by atoms with E-state index in [1.165, 1.54) is 7.11 Å². The molecule has 1 spiro atoms. The fourth-order valence-electron chi connectivity index (χ4n) is 5.46. The predicted octanol–water partition coefficient (Wildman–Crippen LogP) is 4.04. The minimum Gasteiger partial charge on any atom is -0.497 e. The van der Waals surface area contributed by atoms with E-state index < -0.39 is 46.9 Å². The molecule has 2 amide bonds. The van der Waals surface area contributed by atoms with Gasteiger partial charge in [0.25, 0.3) is 0 Å². The van der Waals surface area contributed by atoms with Gasteiger partial charge in [0.05, 0.1) is 30.7 Å². The molecule has 1 aliphatic carbocycles. The number of nitrogens with zero attached hydrogens (tertiary/aromatic N) is 1. The summed E-state index contributed by atoms with van der Waals surface area (Å²) in [6.07, 6.45) is -0.984. The molecule has 7 nitrogen and oxygen atoms in total. The van der Waals surface area contributed by atoms with E-state index in [-0.39, 0.29) is 11.1 Å². The number of rotatable bonds is 3. The number of fused-ring (bicyclic) bond motifs is 3. The van der Waals surface area contributed by atoms with Gasteiger partial charge in [-0.25, -0.2) is 4.90 Å². The van der Waals surface area contributed by atoms with E-state index in [2.05, 4.69) is 0 Å². The molecule has 0 unspecified atom stereocenters. The van der Waals surface area contributed by atoms with Crippen LogP contribution in [0.15, 0.2) is 72.8 Å². The van der Waals surface area contributed by atoms with Crippen LogP contribution in [-0.4, -0.2) is 36.1 Å². The SMILES string of the molecule is COc1ccc([C@H]2OC3(C(=O)c4ccccc4C3=O)[C@H]3C(=O)N(c4ccc(Cl)cc4)C(=O)[C@@H]23)cc1. The number of imide groups is 1. The minimum atomic E-state index is -2.10. The molecule has 0 saturated carbocycles. The van der Waals surface area contributed by atoms with Gasteiger partial charge in [0.1, 0.15) is 5.75 Å². The topological polar surface area (TPSA) is 90.0 Å². The molecule has 3 aliphatic rings. The van der Waals surface area contributed by atoms with Gasteiger partial charge in [-0.05, 0) is 42.0 Å². The van der Waals surface area contributed by atoms with Gasteiger partial charge < -0.3 is 9.47 Å². The lowest BCUT2D eigenvalue weighted by molar-refractivity contribution is -0.127. The van der Waals surface area contributed by atoms with Gasteiger partial charge in [0.15, 0.2) is 0 Å². The average Bonchev–Trinajstić information content (AvgIpc) is 3.45. The van der Waals surface area contributed by atoms with E-state index >= 15 is 0 Å². The van der Waals surface area contributed by atoms with Gasteiger partial charge in [-0.15, -0.1) is 0 Å². The minimum absolute atomic E-state index is 0.192. The van der Waals surface area contributed by atoms with Crippen LogP contribution in [0.1, 0.15) is 32.4 Å². The van der Waals surface area contributed by atoms with E-state index in [0.717, 1.165) is 4.90 Å². The van der Waals surface area contributed by atoms with Crippen LogP contribution >= 0.6 is 11.6 Å². The van der Waals surface area contributed by atoms with Crippen LogP contribution in [0.2, 0.25) is 5.02 Å². The molecule has 2 heterocycles. The number of anilines is 1. The van der Waals surface area contributed by atoms with Crippen LogP contribution in [0, 0.1) is 11.8 Å². The molecule has 35 heavy (non-hydrogen) atoms. The summed E-state index contributed by atoms with van der Waals surface area (Å²) in [4.78, 5) is 56.1. The number of Topliss-reactive ketones (excluding diaryl/α,β-unsaturated/α-hetero) is 2. The molecule has 8 heteroatoms. The molecule has 2 saturated heterocycles. The molecule has 2 fully saturated rings. The first-order valence-electron chi connectivity index (χ1n) is 11.0. The maximum atomic E-state index is 13.8. The fraction of sp³-hybridized carbons (Fsp3) is 0.185. The molecule has 3 atom stereocenters. The van der Waals surface area contributed by atoms with Crippen molar-refractivity contribution in [2.45, 2.75) is 11.7 Å². The third-order valence-electron chi connectivity index (χ3n) is 7.05. The highest BCUT2D eigenvalue weighted by Crippen LogP contribution is 2.57. The van der Waals surface area contributed by atoms with Gasteiger partial charge >= 0.3 is 0 Å². The number of ketones is 2. The van der Waals surface area contributed by atoms with E-state index in [0.29, 0.717) is 22.0 Å². The molecule has 0 N–H and O–H groups in total. The van der Waals surface area contributed by atoms with Crippen LogP contribution in [0.4, 0.5) is 5.69 Å². The average molecular weight is 488 g/mol. The summed E-state index contributed by atoms with van der Waals surface area (Å²) in [5.41, 5.74) is -0.841. The van der Waals surface area contributed by atoms with E-state index in [4.69, 9.17) is 21.1 Å². The van der Waals surface area contributed by atoms with Crippen molar-refractivity contribution in [3.63, 3.8) is 0 Å². The highest BCUT2D eigenvalue weighted by Gasteiger charge is 2.74. The summed E-state index contributed by atoms with van der Waals surface area (Å²) in [7, 11) is 1.53. The van der Waals surface area contributed by atoms with Crippen LogP contribution in [0.3, 0.4) is 0 Å².